The minimum Gasteiger partial charge on any atom is -0.478 e. The van der Waals surface area contributed by atoms with E-state index in [0.29, 0.717) is 23.3 Å². The van der Waals surface area contributed by atoms with Crippen molar-refractivity contribution in [3.05, 3.63) is 58.1 Å². The number of benzene rings is 1. The average Bonchev–Trinajstić information content (AvgIpc) is 3.47. The first-order valence-corrected chi connectivity index (χ1v) is 10.3. The van der Waals surface area contributed by atoms with Gasteiger partial charge in [-0.3, -0.25) is 0 Å². The highest BCUT2D eigenvalue weighted by atomic mass is 32.1. The molecule has 0 atom stereocenters. The van der Waals surface area contributed by atoms with Crippen molar-refractivity contribution in [1.82, 2.24) is 9.97 Å². The smallest absolute Gasteiger partial charge is 0.417 e. The van der Waals surface area contributed by atoms with Gasteiger partial charge in [0.25, 0.3) is 0 Å². The van der Waals surface area contributed by atoms with Crippen molar-refractivity contribution >= 4 is 45.5 Å². The number of rotatable bonds is 6. The number of thiocarbonyl (C=S) groups is 1. The number of anilines is 2. The molecule has 1 fully saturated rings. The first-order chi connectivity index (χ1) is 14.6. The van der Waals surface area contributed by atoms with Crippen LogP contribution in [0.3, 0.4) is 0 Å². The van der Waals surface area contributed by atoms with E-state index >= 15 is 0 Å². The van der Waals surface area contributed by atoms with Gasteiger partial charge < -0.3 is 16.2 Å². The fourth-order valence-corrected chi connectivity index (χ4v) is 4.28. The molecule has 0 radical (unpaired) electrons. The van der Waals surface area contributed by atoms with Crippen LogP contribution >= 0.6 is 23.6 Å². The van der Waals surface area contributed by atoms with Crippen LogP contribution in [0.25, 0.3) is 11.3 Å². The number of nitrogens with two attached hydrogens (primary N) is 1. The van der Waals surface area contributed by atoms with Crippen LogP contribution in [0.4, 0.5) is 24.1 Å². The summed E-state index contributed by atoms with van der Waals surface area (Å²) in [6, 6.07) is 7.83. The summed E-state index contributed by atoms with van der Waals surface area (Å²) >= 11 is 6.30. The maximum atomic E-state index is 12.9. The van der Waals surface area contributed by atoms with Gasteiger partial charge in [-0.1, -0.05) is 36.5 Å². The Bertz CT molecular complexity index is 1170. The van der Waals surface area contributed by atoms with E-state index in [1.165, 1.54) is 11.3 Å². The molecular formula is C20H15F3N4O2S2. The molecular weight excluding hydrogens is 449 g/mol. The standard InChI is InChI=1S/C20H15F3N4O2S2/c21-20(22,23)12-7-13(18(28)29)17(25-8-12)27-19-26-14(15(31-19)10-3-4-10)9-1-5-11(6-2-9)16(24)30/h1-2,5-8,10H,3-4H2,(H2,24,30)(H,28,29)(H,25,26,27). The van der Waals surface area contributed by atoms with Crippen molar-refractivity contribution in [2.45, 2.75) is 24.9 Å². The maximum absolute atomic E-state index is 12.9. The first kappa shape index (κ1) is 21.2. The van der Waals surface area contributed by atoms with E-state index in [1.54, 1.807) is 12.1 Å². The zero-order valence-corrected chi connectivity index (χ0v) is 17.4. The van der Waals surface area contributed by atoms with E-state index in [-0.39, 0.29) is 10.8 Å². The van der Waals surface area contributed by atoms with Crippen LogP contribution in [0.15, 0.2) is 36.5 Å². The second kappa shape index (κ2) is 7.89. The van der Waals surface area contributed by atoms with Gasteiger partial charge in [0.2, 0.25) is 0 Å². The monoisotopic (exact) mass is 464 g/mol. The van der Waals surface area contributed by atoms with Gasteiger partial charge in [0.15, 0.2) is 5.13 Å². The maximum Gasteiger partial charge on any atom is 0.417 e. The Kier molecular flexibility index (Phi) is 5.40. The summed E-state index contributed by atoms with van der Waals surface area (Å²) in [7, 11) is 0. The number of thiazole rings is 1. The third kappa shape index (κ3) is 4.52. The molecule has 2 heterocycles. The van der Waals surface area contributed by atoms with Gasteiger partial charge in [0, 0.05) is 22.2 Å². The van der Waals surface area contributed by atoms with Crippen molar-refractivity contribution in [2.75, 3.05) is 5.32 Å². The van der Waals surface area contributed by atoms with Gasteiger partial charge in [-0.05, 0) is 24.8 Å². The van der Waals surface area contributed by atoms with Gasteiger partial charge in [-0.2, -0.15) is 13.2 Å². The molecule has 1 aliphatic rings. The fraction of sp³-hybridized carbons (Fsp3) is 0.200. The average molecular weight is 464 g/mol. The number of carbonyl (C=O) groups is 1. The number of pyridine rings is 1. The molecule has 11 heteroatoms. The highest BCUT2D eigenvalue weighted by molar-refractivity contribution is 7.80. The molecule has 2 aromatic heterocycles. The topological polar surface area (TPSA) is 101 Å². The Morgan fingerprint density at radius 3 is 2.48 bits per heavy atom. The predicted molar refractivity (Wildman–Crippen MR) is 115 cm³/mol. The molecule has 4 rings (SSSR count). The lowest BCUT2D eigenvalue weighted by atomic mass is 10.1. The normalized spacial score (nSPS) is 13.8. The summed E-state index contributed by atoms with van der Waals surface area (Å²) in [6.07, 6.45) is -2.07. The minimum absolute atomic E-state index is 0.202. The lowest BCUT2D eigenvalue weighted by Gasteiger charge is -2.10. The zero-order chi connectivity index (χ0) is 22.3. The van der Waals surface area contributed by atoms with E-state index in [0.717, 1.165) is 34.5 Å². The number of alkyl halides is 3. The van der Waals surface area contributed by atoms with Crippen LogP contribution in [0, 0.1) is 0 Å². The quantitative estimate of drug-likeness (QED) is 0.432. The van der Waals surface area contributed by atoms with Gasteiger partial charge in [-0.25, -0.2) is 14.8 Å². The number of nitrogens with one attached hydrogen (secondary N) is 1. The molecule has 0 spiro atoms. The van der Waals surface area contributed by atoms with Crippen LogP contribution in [-0.4, -0.2) is 26.0 Å². The predicted octanol–water partition coefficient (Wildman–Crippen LogP) is 5.18. The van der Waals surface area contributed by atoms with Crippen LogP contribution in [0.5, 0.6) is 0 Å². The summed E-state index contributed by atoms with van der Waals surface area (Å²) in [4.78, 5) is 21.1. The first-order valence-electron chi connectivity index (χ1n) is 9.12. The number of carboxylic acids is 1. The summed E-state index contributed by atoms with van der Waals surface area (Å²) in [5, 5.41) is 12.5. The third-order valence-electron chi connectivity index (χ3n) is 4.72. The van der Waals surface area contributed by atoms with E-state index in [1.807, 2.05) is 12.1 Å². The lowest BCUT2D eigenvalue weighted by molar-refractivity contribution is -0.137. The van der Waals surface area contributed by atoms with Crippen LogP contribution in [0.1, 0.15) is 45.1 Å². The molecule has 1 aliphatic carbocycles. The number of halogens is 3. The van der Waals surface area contributed by atoms with E-state index in [4.69, 9.17) is 18.0 Å². The van der Waals surface area contributed by atoms with E-state index in [9.17, 15) is 23.1 Å². The summed E-state index contributed by atoms with van der Waals surface area (Å²) < 4.78 is 38.8. The van der Waals surface area contributed by atoms with Crippen LogP contribution < -0.4 is 11.1 Å². The van der Waals surface area contributed by atoms with E-state index < -0.39 is 23.3 Å². The lowest BCUT2D eigenvalue weighted by Crippen LogP contribution is -2.11. The molecule has 1 aromatic carbocycles. The van der Waals surface area contributed by atoms with Gasteiger partial charge in [0.1, 0.15) is 16.4 Å². The molecule has 3 aromatic rings. The number of aromatic carboxylic acids is 1. The van der Waals surface area contributed by atoms with Crippen LogP contribution in [-0.2, 0) is 6.18 Å². The fourth-order valence-electron chi connectivity index (χ4n) is 2.99. The van der Waals surface area contributed by atoms with Gasteiger partial charge in [-0.15, -0.1) is 11.3 Å². The minimum atomic E-state index is -4.69. The highest BCUT2D eigenvalue weighted by Gasteiger charge is 2.33. The Morgan fingerprint density at radius 2 is 1.94 bits per heavy atom. The Hall–Kier alpha value is -3.05. The largest absolute Gasteiger partial charge is 0.478 e. The molecule has 0 aliphatic heterocycles. The summed E-state index contributed by atoms with van der Waals surface area (Å²) in [5.41, 5.74) is 6.21. The van der Waals surface area contributed by atoms with Crippen molar-refractivity contribution in [3.63, 3.8) is 0 Å². The van der Waals surface area contributed by atoms with Crippen molar-refractivity contribution in [2.24, 2.45) is 5.73 Å². The summed E-state index contributed by atoms with van der Waals surface area (Å²) in [5.74, 6) is -1.38. The highest BCUT2D eigenvalue weighted by Crippen LogP contribution is 2.48. The third-order valence-corrected chi connectivity index (χ3v) is 6.08. The van der Waals surface area contributed by atoms with E-state index in [2.05, 4.69) is 15.3 Å². The van der Waals surface area contributed by atoms with Gasteiger partial charge in [0.05, 0.1) is 11.3 Å². The molecule has 0 saturated heterocycles. The Morgan fingerprint density at radius 1 is 1.26 bits per heavy atom. The molecule has 4 N–H and O–H groups in total. The number of hydrogen-bond acceptors (Lipinski definition) is 6. The Balaban J connectivity index is 1.69. The molecule has 1 saturated carbocycles. The SMILES string of the molecule is NC(=S)c1ccc(-c2nc(Nc3ncc(C(F)(F)F)cc3C(=O)O)sc2C2CC2)cc1. The number of nitrogens with zero attached hydrogens (tertiary/aromatic N) is 2. The molecule has 0 bridgehead atoms. The van der Waals surface area contributed by atoms with Crippen molar-refractivity contribution in [3.8, 4) is 11.3 Å². The van der Waals surface area contributed by atoms with Crippen LogP contribution in [0.2, 0.25) is 0 Å². The summed E-state index contributed by atoms with van der Waals surface area (Å²) in [6.45, 7) is 0. The van der Waals surface area contributed by atoms with Crippen molar-refractivity contribution in [1.29, 1.82) is 0 Å². The molecule has 160 valence electrons. The second-order valence-electron chi connectivity index (χ2n) is 7.00. The molecule has 0 unspecified atom stereocenters. The number of aromatic nitrogens is 2. The number of hydrogen-bond donors (Lipinski definition) is 3. The second-order valence-corrected chi connectivity index (χ2v) is 8.47. The van der Waals surface area contributed by atoms with Crippen molar-refractivity contribution < 1.29 is 23.1 Å². The Labute approximate surface area is 184 Å². The molecule has 0 amide bonds. The molecule has 6 nitrogen and oxygen atoms in total. The number of carboxylic acid groups (broad SMARTS) is 1. The van der Waals surface area contributed by atoms with Gasteiger partial charge >= 0.3 is 12.1 Å². The zero-order valence-electron chi connectivity index (χ0n) is 15.7. The molecule has 31 heavy (non-hydrogen) atoms.